The number of aryl methyl sites for hydroxylation is 1. The Labute approximate surface area is 149 Å². The van der Waals surface area contributed by atoms with E-state index in [1.165, 1.54) is 0 Å². The highest BCUT2D eigenvalue weighted by Gasteiger charge is 2.33. The largest absolute Gasteiger partial charge is 0.493 e. The summed E-state index contributed by atoms with van der Waals surface area (Å²) in [5.41, 5.74) is 2.11. The fourth-order valence-electron chi connectivity index (χ4n) is 3.18. The predicted octanol–water partition coefficient (Wildman–Crippen LogP) is 3.19. The number of rotatable bonds is 5. The first kappa shape index (κ1) is 17.8. The molecule has 3 rings (SSSR count). The van der Waals surface area contributed by atoms with Gasteiger partial charge in [0, 0.05) is 13.1 Å². The van der Waals surface area contributed by atoms with Crippen LogP contribution >= 0.6 is 0 Å². The average molecular weight is 361 g/mol. The molecule has 1 aliphatic heterocycles. The number of nitrogens with zero attached hydrogens (tertiary/aromatic N) is 1. The molecule has 1 heterocycles. The zero-order valence-electron chi connectivity index (χ0n) is 14.7. The van der Waals surface area contributed by atoms with E-state index in [1.807, 2.05) is 37.3 Å². The number of hydrogen-bond donors (Lipinski definition) is 0. The average Bonchev–Trinajstić information content (AvgIpc) is 3.12. The van der Waals surface area contributed by atoms with Crippen LogP contribution in [0, 0.1) is 6.92 Å². The molecule has 0 amide bonds. The third-order valence-electron chi connectivity index (χ3n) is 4.69. The summed E-state index contributed by atoms with van der Waals surface area (Å²) in [5, 5.41) is 0. The van der Waals surface area contributed by atoms with Gasteiger partial charge in [-0.3, -0.25) is 0 Å². The first-order valence-corrected chi connectivity index (χ1v) is 9.68. The molecule has 1 atom stereocenters. The molecular formula is C19H23NO4S. The molecule has 2 aromatic rings. The van der Waals surface area contributed by atoms with E-state index in [1.54, 1.807) is 30.7 Å². The van der Waals surface area contributed by atoms with Gasteiger partial charge in [0.25, 0.3) is 0 Å². The van der Waals surface area contributed by atoms with E-state index >= 15 is 0 Å². The summed E-state index contributed by atoms with van der Waals surface area (Å²) in [7, 11) is -0.246. The van der Waals surface area contributed by atoms with Gasteiger partial charge < -0.3 is 9.47 Å². The molecule has 0 aromatic heterocycles. The Hall–Kier alpha value is -2.05. The van der Waals surface area contributed by atoms with Gasteiger partial charge in [-0.25, -0.2) is 8.42 Å². The van der Waals surface area contributed by atoms with Crippen molar-refractivity contribution in [1.82, 2.24) is 4.31 Å². The van der Waals surface area contributed by atoms with Crippen molar-refractivity contribution in [3.05, 3.63) is 53.6 Å². The van der Waals surface area contributed by atoms with Crippen LogP contribution in [0.1, 0.15) is 23.5 Å². The van der Waals surface area contributed by atoms with Crippen molar-refractivity contribution in [2.45, 2.75) is 24.2 Å². The molecule has 0 spiro atoms. The number of hydrogen-bond acceptors (Lipinski definition) is 4. The zero-order chi connectivity index (χ0) is 18.0. The molecule has 0 radical (unpaired) electrons. The lowest BCUT2D eigenvalue weighted by Crippen LogP contribution is -2.28. The molecule has 25 heavy (non-hydrogen) atoms. The number of benzene rings is 2. The van der Waals surface area contributed by atoms with Crippen LogP contribution in [0.3, 0.4) is 0 Å². The van der Waals surface area contributed by atoms with E-state index in [2.05, 4.69) is 0 Å². The summed E-state index contributed by atoms with van der Waals surface area (Å²) in [6.07, 6.45) is 0.792. The van der Waals surface area contributed by atoms with Crippen LogP contribution in [0.5, 0.6) is 11.5 Å². The Morgan fingerprint density at radius 3 is 2.32 bits per heavy atom. The van der Waals surface area contributed by atoms with Crippen LogP contribution in [0.15, 0.2) is 47.4 Å². The van der Waals surface area contributed by atoms with Crippen LogP contribution in [0.2, 0.25) is 0 Å². The van der Waals surface area contributed by atoms with E-state index in [9.17, 15) is 8.42 Å². The molecule has 1 fully saturated rings. The van der Waals surface area contributed by atoms with E-state index in [0.717, 1.165) is 17.5 Å². The highest BCUT2D eigenvalue weighted by molar-refractivity contribution is 7.89. The van der Waals surface area contributed by atoms with Gasteiger partial charge in [-0.15, -0.1) is 0 Å². The lowest BCUT2D eigenvalue weighted by molar-refractivity contribution is 0.354. The van der Waals surface area contributed by atoms with Gasteiger partial charge in [0.2, 0.25) is 10.0 Å². The Balaban J connectivity index is 1.80. The molecule has 6 heteroatoms. The molecule has 5 nitrogen and oxygen atoms in total. The lowest BCUT2D eigenvalue weighted by Gasteiger charge is -2.17. The van der Waals surface area contributed by atoms with Crippen LogP contribution < -0.4 is 9.47 Å². The van der Waals surface area contributed by atoms with Crippen molar-refractivity contribution < 1.29 is 17.9 Å². The minimum Gasteiger partial charge on any atom is -0.493 e. The van der Waals surface area contributed by atoms with Crippen LogP contribution in [0.4, 0.5) is 0 Å². The Morgan fingerprint density at radius 1 is 1.00 bits per heavy atom. The van der Waals surface area contributed by atoms with Crippen molar-refractivity contribution in [2.24, 2.45) is 0 Å². The lowest BCUT2D eigenvalue weighted by atomic mass is 9.98. The maximum Gasteiger partial charge on any atom is 0.243 e. The fourth-order valence-corrected chi connectivity index (χ4v) is 4.68. The Morgan fingerprint density at radius 2 is 1.68 bits per heavy atom. The molecule has 134 valence electrons. The monoisotopic (exact) mass is 361 g/mol. The maximum atomic E-state index is 12.8. The summed E-state index contributed by atoms with van der Waals surface area (Å²) in [6, 6.07) is 12.8. The summed E-state index contributed by atoms with van der Waals surface area (Å²) in [4.78, 5) is 0.353. The Bertz CT molecular complexity index is 846. The fraction of sp³-hybridized carbons (Fsp3) is 0.368. The molecule has 2 aromatic carbocycles. The molecule has 1 saturated heterocycles. The normalized spacial score (nSPS) is 18.3. The second-order valence-corrected chi connectivity index (χ2v) is 8.21. The van der Waals surface area contributed by atoms with E-state index < -0.39 is 10.0 Å². The van der Waals surface area contributed by atoms with Crippen LogP contribution in [-0.2, 0) is 10.0 Å². The van der Waals surface area contributed by atoms with Crippen molar-refractivity contribution in [3.8, 4) is 11.5 Å². The standard InChI is InChI=1S/C19H23NO4S/c1-14-4-7-17(8-5-14)25(21,22)20-11-10-16(13-20)15-6-9-18(23-2)19(12-15)24-3/h4-9,12,16H,10-11,13H2,1-3H3. The van der Waals surface area contributed by atoms with Crippen molar-refractivity contribution in [3.63, 3.8) is 0 Å². The maximum absolute atomic E-state index is 12.8. The third kappa shape index (κ3) is 3.50. The van der Waals surface area contributed by atoms with Crippen LogP contribution in [-0.4, -0.2) is 40.0 Å². The smallest absolute Gasteiger partial charge is 0.243 e. The second kappa shape index (κ2) is 7.06. The van der Waals surface area contributed by atoms with E-state index in [-0.39, 0.29) is 5.92 Å². The third-order valence-corrected chi connectivity index (χ3v) is 6.57. The second-order valence-electron chi connectivity index (χ2n) is 6.28. The van der Waals surface area contributed by atoms with Crippen molar-refractivity contribution >= 4 is 10.0 Å². The van der Waals surface area contributed by atoms with Gasteiger partial charge >= 0.3 is 0 Å². The number of methoxy groups -OCH3 is 2. The van der Waals surface area contributed by atoms with Gasteiger partial charge in [0.1, 0.15) is 0 Å². The Kier molecular flexibility index (Phi) is 5.01. The van der Waals surface area contributed by atoms with Gasteiger partial charge in [0.05, 0.1) is 19.1 Å². The summed E-state index contributed by atoms with van der Waals surface area (Å²) >= 11 is 0. The number of sulfonamides is 1. The van der Waals surface area contributed by atoms with E-state index in [0.29, 0.717) is 29.5 Å². The molecule has 0 saturated carbocycles. The van der Waals surface area contributed by atoms with Crippen molar-refractivity contribution in [2.75, 3.05) is 27.3 Å². The van der Waals surface area contributed by atoms with Gasteiger partial charge in [-0.05, 0) is 49.1 Å². The SMILES string of the molecule is COc1ccc(C2CCN(S(=O)(=O)c3ccc(C)cc3)C2)cc1OC. The first-order valence-electron chi connectivity index (χ1n) is 8.24. The predicted molar refractivity (Wildman–Crippen MR) is 96.8 cm³/mol. The highest BCUT2D eigenvalue weighted by Crippen LogP contribution is 2.35. The molecule has 0 N–H and O–H groups in total. The summed E-state index contributed by atoms with van der Waals surface area (Å²) in [5.74, 6) is 1.49. The number of ether oxygens (including phenoxy) is 2. The quantitative estimate of drug-likeness (QED) is 0.821. The van der Waals surface area contributed by atoms with Gasteiger partial charge in [-0.1, -0.05) is 23.8 Å². The minimum absolute atomic E-state index is 0.153. The summed E-state index contributed by atoms with van der Waals surface area (Å²) < 4.78 is 37.8. The first-order chi connectivity index (χ1) is 12.0. The molecule has 1 unspecified atom stereocenters. The highest BCUT2D eigenvalue weighted by atomic mass is 32.2. The van der Waals surface area contributed by atoms with E-state index in [4.69, 9.17) is 9.47 Å². The molecular weight excluding hydrogens is 338 g/mol. The molecule has 1 aliphatic rings. The van der Waals surface area contributed by atoms with Crippen LogP contribution in [0.25, 0.3) is 0 Å². The van der Waals surface area contributed by atoms with Crippen molar-refractivity contribution in [1.29, 1.82) is 0 Å². The van der Waals surface area contributed by atoms with Gasteiger partial charge in [-0.2, -0.15) is 4.31 Å². The zero-order valence-corrected chi connectivity index (χ0v) is 15.5. The summed E-state index contributed by atoms with van der Waals surface area (Å²) in [6.45, 7) is 2.94. The molecule has 0 bridgehead atoms. The molecule has 0 aliphatic carbocycles. The van der Waals surface area contributed by atoms with Gasteiger partial charge in [0.15, 0.2) is 11.5 Å². The topological polar surface area (TPSA) is 55.8 Å². The minimum atomic E-state index is -3.45.